The molecule has 2 aliphatic rings. The number of urea groups is 1. The minimum absolute atomic E-state index is 0.00839. The standard InChI is InChI=1S/C23H30Cl2FN5O4S/c1-15(35-16(2)28-12-18(26)11-27)19-13-30(14-20(19)17-4-5-21(24)22(25)10-17)23(32)29-6-8-31(9-7-29)36(3,33)34/h4-5,10-12,15,19-20H,2,6-9,13-14,27H2,1,3H3/b18-11+,28-12-/t15-,19+,20+/m1/s1. The molecule has 2 saturated heterocycles. The molecule has 0 aromatic heterocycles. The molecule has 1 aromatic rings. The Morgan fingerprint density at radius 1 is 1.22 bits per heavy atom. The molecule has 2 N–H and O–H groups in total. The Labute approximate surface area is 221 Å². The maximum atomic E-state index is 13.4. The van der Waals surface area contributed by atoms with E-state index in [0.717, 1.165) is 24.2 Å². The molecule has 2 aliphatic heterocycles. The topological polar surface area (TPSA) is 109 Å². The van der Waals surface area contributed by atoms with E-state index >= 15 is 0 Å². The van der Waals surface area contributed by atoms with Gasteiger partial charge in [-0.2, -0.15) is 4.31 Å². The van der Waals surface area contributed by atoms with Crippen molar-refractivity contribution in [1.82, 2.24) is 14.1 Å². The molecule has 0 saturated carbocycles. The van der Waals surface area contributed by atoms with E-state index in [1.54, 1.807) is 21.9 Å². The molecule has 0 aliphatic carbocycles. The van der Waals surface area contributed by atoms with Crippen molar-refractivity contribution in [2.75, 3.05) is 45.5 Å². The lowest BCUT2D eigenvalue weighted by Gasteiger charge is -2.35. The molecule has 1 aromatic carbocycles. The highest BCUT2D eigenvalue weighted by atomic mass is 35.5. The highest BCUT2D eigenvalue weighted by Crippen LogP contribution is 2.39. The third kappa shape index (κ3) is 6.90. The summed E-state index contributed by atoms with van der Waals surface area (Å²) in [6.07, 6.45) is 2.42. The fourth-order valence-corrected chi connectivity index (χ4v) is 5.61. The number of carbonyl (C=O) groups excluding carboxylic acids is 1. The van der Waals surface area contributed by atoms with Crippen molar-refractivity contribution in [3.8, 4) is 0 Å². The van der Waals surface area contributed by atoms with Gasteiger partial charge in [-0.05, 0) is 31.2 Å². The van der Waals surface area contributed by atoms with Gasteiger partial charge >= 0.3 is 6.03 Å². The normalized spacial score (nSPS) is 22.8. The van der Waals surface area contributed by atoms with Crippen molar-refractivity contribution in [2.24, 2.45) is 16.6 Å². The second kappa shape index (κ2) is 11.8. The van der Waals surface area contributed by atoms with E-state index in [1.807, 2.05) is 13.0 Å². The first-order valence-electron chi connectivity index (χ1n) is 11.3. The number of rotatable bonds is 7. The number of likely N-dealkylation sites (tertiary alicyclic amines) is 1. The smallest absolute Gasteiger partial charge is 0.320 e. The molecule has 3 atom stereocenters. The van der Waals surface area contributed by atoms with E-state index < -0.39 is 22.0 Å². The number of carbonyl (C=O) groups is 1. The summed E-state index contributed by atoms with van der Waals surface area (Å²) in [4.78, 5) is 20.6. The zero-order valence-electron chi connectivity index (χ0n) is 20.1. The van der Waals surface area contributed by atoms with Crippen LogP contribution in [0.15, 0.2) is 47.7 Å². The van der Waals surface area contributed by atoms with E-state index in [9.17, 15) is 17.6 Å². The number of sulfonamides is 1. The largest absolute Gasteiger partial charge is 0.475 e. The zero-order valence-corrected chi connectivity index (χ0v) is 22.4. The van der Waals surface area contributed by atoms with Crippen molar-refractivity contribution in [3.05, 3.63) is 58.3 Å². The van der Waals surface area contributed by atoms with Crippen LogP contribution in [0.25, 0.3) is 0 Å². The van der Waals surface area contributed by atoms with Gasteiger partial charge in [0.2, 0.25) is 15.9 Å². The molecule has 36 heavy (non-hydrogen) atoms. The molecular weight excluding hydrogens is 532 g/mol. The van der Waals surface area contributed by atoms with Gasteiger partial charge in [-0.25, -0.2) is 22.6 Å². The maximum Gasteiger partial charge on any atom is 0.320 e. The molecule has 2 fully saturated rings. The number of aliphatic imine (C=N–C) groups is 1. The number of halogens is 3. The minimum Gasteiger partial charge on any atom is -0.475 e. The molecule has 2 heterocycles. The molecule has 13 heteroatoms. The molecule has 0 bridgehead atoms. The summed E-state index contributed by atoms with van der Waals surface area (Å²) in [5.41, 5.74) is 6.00. The highest BCUT2D eigenvalue weighted by Gasteiger charge is 2.42. The Kier molecular flexibility index (Phi) is 9.26. The lowest BCUT2D eigenvalue weighted by Crippen LogP contribution is -2.53. The molecular formula is C23H30Cl2FN5O4S. The number of piperazine rings is 1. The molecule has 198 valence electrons. The summed E-state index contributed by atoms with van der Waals surface area (Å²) >= 11 is 12.4. The molecule has 3 rings (SSSR count). The Bertz CT molecular complexity index is 1160. The number of hydrogen-bond acceptors (Lipinski definition) is 6. The second-order valence-corrected chi connectivity index (χ2v) is 11.6. The van der Waals surface area contributed by atoms with Crippen molar-refractivity contribution < 1.29 is 22.3 Å². The predicted octanol–water partition coefficient (Wildman–Crippen LogP) is 3.42. The molecule has 9 nitrogen and oxygen atoms in total. The summed E-state index contributed by atoms with van der Waals surface area (Å²) in [6.45, 7) is 7.46. The average molecular weight is 562 g/mol. The third-order valence-electron chi connectivity index (χ3n) is 6.40. The first kappa shape index (κ1) is 28.2. The Hall–Kier alpha value is -2.34. The zero-order chi connectivity index (χ0) is 26.6. The van der Waals surface area contributed by atoms with Crippen LogP contribution in [0.1, 0.15) is 18.4 Å². The number of hydrogen-bond donors (Lipinski definition) is 1. The van der Waals surface area contributed by atoms with Crippen LogP contribution >= 0.6 is 23.2 Å². The van der Waals surface area contributed by atoms with Crippen LogP contribution in [-0.4, -0.2) is 86.4 Å². The van der Waals surface area contributed by atoms with Crippen LogP contribution in [-0.2, 0) is 14.8 Å². The van der Waals surface area contributed by atoms with Crippen molar-refractivity contribution in [3.63, 3.8) is 0 Å². The van der Waals surface area contributed by atoms with Crippen LogP contribution in [0.4, 0.5) is 9.18 Å². The molecule has 0 radical (unpaired) electrons. The van der Waals surface area contributed by atoms with Crippen LogP contribution in [0.5, 0.6) is 0 Å². The van der Waals surface area contributed by atoms with E-state index in [1.165, 1.54) is 4.31 Å². The van der Waals surface area contributed by atoms with Gasteiger partial charge in [0.25, 0.3) is 0 Å². The summed E-state index contributed by atoms with van der Waals surface area (Å²) < 4.78 is 44.1. The fraction of sp³-hybridized carbons (Fsp3) is 0.478. The first-order valence-corrected chi connectivity index (χ1v) is 13.9. The Balaban J connectivity index is 1.77. The Morgan fingerprint density at radius 2 is 1.89 bits per heavy atom. The van der Waals surface area contributed by atoms with Gasteiger partial charge in [-0.15, -0.1) is 0 Å². The van der Waals surface area contributed by atoms with Crippen LogP contribution in [0.2, 0.25) is 10.0 Å². The molecule has 2 amide bonds. The first-order chi connectivity index (χ1) is 16.9. The van der Waals surface area contributed by atoms with Crippen molar-refractivity contribution in [1.29, 1.82) is 0 Å². The number of nitrogens with zero attached hydrogens (tertiary/aromatic N) is 4. The van der Waals surface area contributed by atoms with E-state index in [2.05, 4.69) is 11.6 Å². The number of allylic oxidation sites excluding steroid dienone is 1. The van der Waals surface area contributed by atoms with Crippen molar-refractivity contribution >= 4 is 45.5 Å². The third-order valence-corrected chi connectivity index (χ3v) is 8.44. The van der Waals surface area contributed by atoms with Crippen LogP contribution in [0.3, 0.4) is 0 Å². The minimum atomic E-state index is -3.30. The second-order valence-electron chi connectivity index (χ2n) is 8.81. The van der Waals surface area contributed by atoms with E-state index in [4.69, 9.17) is 33.7 Å². The average Bonchev–Trinajstić information content (AvgIpc) is 3.29. The van der Waals surface area contributed by atoms with Gasteiger partial charge in [0.15, 0.2) is 5.83 Å². The van der Waals surface area contributed by atoms with Crippen molar-refractivity contribution in [2.45, 2.75) is 18.9 Å². The van der Waals surface area contributed by atoms with Gasteiger partial charge in [-0.3, -0.25) is 0 Å². The maximum absolute atomic E-state index is 13.4. The van der Waals surface area contributed by atoms with E-state index in [0.29, 0.717) is 36.2 Å². The van der Waals surface area contributed by atoms with Gasteiger partial charge in [0, 0.05) is 57.3 Å². The SMILES string of the molecule is C=C(/N=C\C(F)=C/N)O[C@H](C)[C@@H]1CN(C(=O)N2CCN(S(C)(=O)=O)CC2)C[C@H]1c1ccc(Cl)c(Cl)c1. The summed E-state index contributed by atoms with van der Waals surface area (Å²) in [6, 6.07) is 5.18. The lowest BCUT2D eigenvalue weighted by molar-refractivity contribution is 0.0750. The lowest BCUT2D eigenvalue weighted by atomic mass is 9.86. The van der Waals surface area contributed by atoms with Gasteiger partial charge in [-0.1, -0.05) is 29.3 Å². The molecule has 0 unspecified atom stereocenters. The number of amides is 2. The predicted molar refractivity (Wildman–Crippen MR) is 139 cm³/mol. The monoisotopic (exact) mass is 561 g/mol. The Morgan fingerprint density at radius 3 is 2.47 bits per heavy atom. The fourth-order valence-electron chi connectivity index (χ4n) is 4.48. The van der Waals surface area contributed by atoms with E-state index in [-0.39, 0.29) is 36.8 Å². The number of ether oxygens (including phenoxy) is 1. The molecule has 0 spiro atoms. The summed E-state index contributed by atoms with van der Waals surface area (Å²) in [5.74, 6) is -1.01. The quantitative estimate of drug-likeness (QED) is 0.405. The van der Waals surface area contributed by atoms with Gasteiger partial charge < -0.3 is 20.3 Å². The number of benzene rings is 1. The summed E-state index contributed by atoms with van der Waals surface area (Å²) in [5, 5.41) is 0.829. The van der Waals surface area contributed by atoms with Crippen LogP contribution in [0, 0.1) is 5.92 Å². The number of nitrogens with two attached hydrogens (primary N) is 1. The van der Waals surface area contributed by atoms with Gasteiger partial charge in [0.05, 0.1) is 22.5 Å². The summed E-state index contributed by atoms with van der Waals surface area (Å²) in [7, 11) is -3.30. The van der Waals surface area contributed by atoms with Crippen LogP contribution < -0.4 is 5.73 Å². The van der Waals surface area contributed by atoms with Gasteiger partial charge in [0.1, 0.15) is 6.10 Å². The highest BCUT2D eigenvalue weighted by molar-refractivity contribution is 7.88.